The summed E-state index contributed by atoms with van der Waals surface area (Å²) in [6, 6.07) is 17.3. The second kappa shape index (κ2) is 11.7. The summed E-state index contributed by atoms with van der Waals surface area (Å²) < 4.78 is 7.91. The highest BCUT2D eigenvalue weighted by molar-refractivity contribution is 5.76. The number of carbonyl (C=O) groups excluding carboxylic acids is 1. The maximum absolute atomic E-state index is 12.8. The van der Waals surface area contributed by atoms with Crippen molar-refractivity contribution in [2.24, 2.45) is 5.92 Å². The lowest BCUT2D eigenvalue weighted by atomic mass is 9.92. The molecule has 2 aromatic carbocycles. The number of hydrogen-bond acceptors (Lipinski definition) is 4. The van der Waals surface area contributed by atoms with Gasteiger partial charge in [-0.05, 0) is 86.1 Å². The van der Waals surface area contributed by atoms with Gasteiger partial charge in [-0.3, -0.25) is 4.79 Å². The van der Waals surface area contributed by atoms with Crippen LogP contribution in [0.4, 0.5) is 5.69 Å². The number of aromatic nitrogens is 2. The molecule has 0 bridgehead atoms. The molecule has 4 heterocycles. The van der Waals surface area contributed by atoms with Crippen LogP contribution in [-0.2, 0) is 22.4 Å². The fourth-order valence-corrected chi connectivity index (χ4v) is 6.35. The zero-order valence-corrected chi connectivity index (χ0v) is 22.4. The van der Waals surface area contributed by atoms with E-state index >= 15 is 0 Å². The minimum atomic E-state index is 0.0798. The topological polar surface area (TPSA) is 50.6 Å². The van der Waals surface area contributed by atoms with Crippen molar-refractivity contribution in [3.05, 3.63) is 72.1 Å². The first-order valence-corrected chi connectivity index (χ1v) is 14.6. The first-order chi connectivity index (χ1) is 18.7. The highest BCUT2D eigenvalue weighted by atomic mass is 16.5. The molecule has 0 aliphatic carbocycles. The zero-order valence-electron chi connectivity index (χ0n) is 22.4. The second-order valence-electron chi connectivity index (χ2n) is 11.2. The third-order valence-corrected chi connectivity index (χ3v) is 8.60. The van der Waals surface area contributed by atoms with Gasteiger partial charge in [-0.15, -0.1) is 0 Å². The predicted molar refractivity (Wildman–Crippen MR) is 151 cm³/mol. The zero-order chi connectivity index (χ0) is 25.7. The van der Waals surface area contributed by atoms with Crippen LogP contribution < -0.4 is 4.90 Å². The molecule has 3 aromatic rings. The van der Waals surface area contributed by atoms with Crippen molar-refractivity contribution >= 4 is 11.6 Å². The maximum atomic E-state index is 12.8. The Morgan fingerprint density at radius 2 is 1.82 bits per heavy atom. The van der Waals surface area contributed by atoms with Crippen LogP contribution >= 0.6 is 0 Å². The molecule has 1 unspecified atom stereocenters. The summed E-state index contributed by atoms with van der Waals surface area (Å²) in [5, 5.41) is 4.62. The lowest BCUT2D eigenvalue weighted by molar-refractivity contribution is -0.132. The summed E-state index contributed by atoms with van der Waals surface area (Å²) in [5.41, 5.74) is 6.50. The van der Waals surface area contributed by atoms with Gasteiger partial charge in [0.25, 0.3) is 0 Å². The average molecular weight is 513 g/mol. The number of fused-ring (bicyclic) bond motifs is 1. The molecular formula is C32H40N4O2. The Morgan fingerprint density at radius 1 is 0.947 bits per heavy atom. The number of aryl methyl sites for hydroxylation is 2. The Balaban J connectivity index is 1.03. The van der Waals surface area contributed by atoms with Gasteiger partial charge < -0.3 is 14.5 Å². The lowest BCUT2D eigenvalue weighted by Crippen LogP contribution is -2.42. The van der Waals surface area contributed by atoms with Gasteiger partial charge in [0.2, 0.25) is 5.91 Å². The highest BCUT2D eigenvalue weighted by Crippen LogP contribution is 2.34. The van der Waals surface area contributed by atoms with Crippen LogP contribution in [0.25, 0.3) is 11.1 Å². The van der Waals surface area contributed by atoms with E-state index in [1.807, 2.05) is 29.1 Å². The molecule has 3 aliphatic heterocycles. The number of nitrogens with zero attached hydrogens (tertiary/aromatic N) is 4. The Morgan fingerprint density at radius 3 is 2.63 bits per heavy atom. The van der Waals surface area contributed by atoms with E-state index in [1.165, 1.54) is 40.8 Å². The lowest BCUT2D eigenvalue weighted by Gasteiger charge is -2.38. The number of piperidine rings is 1. The Bertz CT molecular complexity index is 1210. The van der Waals surface area contributed by atoms with E-state index in [0.717, 1.165) is 71.3 Å². The molecule has 6 rings (SSSR count). The van der Waals surface area contributed by atoms with E-state index < -0.39 is 0 Å². The molecule has 0 spiro atoms. The predicted octanol–water partition coefficient (Wildman–Crippen LogP) is 5.87. The summed E-state index contributed by atoms with van der Waals surface area (Å²) >= 11 is 0. The summed E-state index contributed by atoms with van der Waals surface area (Å²) in [6.07, 6.45) is 13.6. The number of hydrogen-bond donors (Lipinski definition) is 0. The molecule has 1 amide bonds. The van der Waals surface area contributed by atoms with E-state index in [0.29, 0.717) is 18.2 Å². The standard InChI is InChI=1S/C32H40N4O2/c37-31(14-11-25-7-2-1-3-8-25)34-18-15-26(16-19-34)23-35-17-6-9-28-21-27(12-13-30(28)35)29-22-33-36(24-29)32-10-4-5-20-38-32/h1-3,7-8,12-13,21-22,24,26,32H,4-6,9-11,14-20,23H2. The van der Waals surface area contributed by atoms with Crippen molar-refractivity contribution in [3.63, 3.8) is 0 Å². The molecule has 3 aliphatic rings. The molecule has 0 radical (unpaired) electrons. The fraction of sp³-hybridized carbons (Fsp3) is 0.500. The smallest absolute Gasteiger partial charge is 0.222 e. The quantitative estimate of drug-likeness (QED) is 0.397. The summed E-state index contributed by atoms with van der Waals surface area (Å²) in [6.45, 7) is 4.84. The van der Waals surface area contributed by atoms with Gasteiger partial charge in [-0.1, -0.05) is 36.4 Å². The molecule has 0 N–H and O–H groups in total. The van der Waals surface area contributed by atoms with E-state index in [2.05, 4.69) is 51.4 Å². The van der Waals surface area contributed by atoms with E-state index in [-0.39, 0.29) is 6.23 Å². The number of amides is 1. The van der Waals surface area contributed by atoms with Crippen molar-refractivity contribution in [3.8, 4) is 11.1 Å². The molecular weight excluding hydrogens is 472 g/mol. The Labute approximate surface area is 226 Å². The van der Waals surface area contributed by atoms with Crippen LogP contribution in [0.3, 0.4) is 0 Å². The van der Waals surface area contributed by atoms with Gasteiger partial charge >= 0.3 is 0 Å². The van der Waals surface area contributed by atoms with Crippen LogP contribution in [0.1, 0.15) is 62.3 Å². The number of likely N-dealkylation sites (tertiary alicyclic amines) is 1. The molecule has 1 atom stereocenters. The molecule has 0 saturated carbocycles. The second-order valence-corrected chi connectivity index (χ2v) is 11.2. The number of rotatable bonds is 7. The van der Waals surface area contributed by atoms with Crippen molar-refractivity contribution < 1.29 is 9.53 Å². The Hall–Kier alpha value is -3.12. The minimum absolute atomic E-state index is 0.0798. The van der Waals surface area contributed by atoms with Crippen molar-refractivity contribution in [1.82, 2.24) is 14.7 Å². The molecule has 200 valence electrons. The van der Waals surface area contributed by atoms with Gasteiger partial charge in [0, 0.05) is 56.7 Å². The molecule has 1 aromatic heterocycles. The normalized spacial score (nSPS) is 20.4. The number of carbonyl (C=O) groups is 1. The fourth-order valence-electron chi connectivity index (χ4n) is 6.35. The largest absolute Gasteiger partial charge is 0.371 e. The van der Waals surface area contributed by atoms with Gasteiger partial charge in [0.1, 0.15) is 6.23 Å². The van der Waals surface area contributed by atoms with E-state index in [9.17, 15) is 4.79 Å². The van der Waals surface area contributed by atoms with Crippen LogP contribution in [-0.4, -0.2) is 53.4 Å². The molecule has 2 fully saturated rings. The Kier molecular flexibility index (Phi) is 7.77. The van der Waals surface area contributed by atoms with Gasteiger partial charge in [-0.25, -0.2) is 4.68 Å². The van der Waals surface area contributed by atoms with Crippen LogP contribution in [0.15, 0.2) is 60.9 Å². The van der Waals surface area contributed by atoms with Crippen molar-refractivity contribution in [1.29, 1.82) is 0 Å². The van der Waals surface area contributed by atoms with Gasteiger partial charge in [-0.2, -0.15) is 5.10 Å². The van der Waals surface area contributed by atoms with E-state index in [4.69, 9.17) is 4.74 Å². The summed E-state index contributed by atoms with van der Waals surface area (Å²) in [7, 11) is 0. The third-order valence-electron chi connectivity index (χ3n) is 8.60. The molecule has 6 nitrogen and oxygen atoms in total. The molecule has 6 heteroatoms. The third kappa shape index (κ3) is 5.80. The monoisotopic (exact) mass is 512 g/mol. The first-order valence-electron chi connectivity index (χ1n) is 14.6. The van der Waals surface area contributed by atoms with Gasteiger partial charge in [0.05, 0.1) is 6.20 Å². The van der Waals surface area contributed by atoms with Crippen LogP contribution in [0.2, 0.25) is 0 Å². The minimum Gasteiger partial charge on any atom is -0.371 e. The van der Waals surface area contributed by atoms with Crippen molar-refractivity contribution in [2.45, 2.75) is 64.0 Å². The molecule has 38 heavy (non-hydrogen) atoms. The maximum Gasteiger partial charge on any atom is 0.222 e. The molecule has 2 saturated heterocycles. The van der Waals surface area contributed by atoms with Crippen LogP contribution in [0, 0.1) is 5.92 Å². The number of ether oxygens (including phenoxy) is 1. The highest BCUT2D eigenvalue weighted by Gasteiger charge is 2.26. The summed E-state index contributed by atoms with van der Waals surface area (Å²) in [4.78, 5) is 17.5. The SMILES string of the molecule is O=C(CCc1ccccc1)N1CCC(CN2CCCc3cc(-c4cnn(C5CCCCO5)c4)ccc32)CC1. The summed E-state index contributed by atoms with van der Waals surface area (Å²) in [5.74, 6) is 0.953. The van der Waals surface area contributed by atoms with Crippen molar-refractivity contribution in [2.75, 3.05) is 37.7 Å². The van der Waals surface area contributed by atoms with E-state index in [1.54, 1.807) is 0 Å². The number of anilines is 1. The van der Waals surface area contributed by atoms with Crippen LogP contribution in [0.5, 0.6) is 0 Å². The average Bonchev–Trinajstić information content (AvgIpc) is 3.48. The first kappa shape index (κ1) is 25.2. The van der Waals surface area contributed by atoms with Gasteiger partial charge in [0.15, 0.2) is 0 Å². The number of benzene rings is 2.